The molecule has 0 unspecified atom stereocenters. The highest BCUT2D eigenvalue weighted by atomic mass is 16.1. The molecule has 0 saturated heterocycles. The average molecular weight is 401 g/mol. The molecule has 1 aliphatic carbocycles. The van der Waals surface area contributed by atoms with Crippen LogP contribution in [0.15, 0.2) is 47.7 Å². The summed E-state index contributed by atoms with van der Waals surface area (Å²) in [5.74, 6) is -0.149. The van der Waals surface area contributed by atoms with Crippen molar-refractivity contribution in [2.24, 2.45) is 0 Å². The number of aromatic amines is 1. The first-order chi connectivity index (χ1) is 14.6. The summed E-state index contributed by atoms with van der Waals surface area (Å²) >= 11 is 0. The van der Waals surface area contributed by atoms with Crippen molar-refractivity contribution in [3.8, 4) is 0 Å². The summed E-state index contributed by atoms with van der Waals surface area (Å²) < 4.78 is 1.99. The monoisotopic (exact) mass is 401 g/mol. The second-order valence-corrected chi connectivity index (χ2v) is 8.00. The third-order valence-corrected chi connectivity index (χ3v) is 6.00. The van der Waals surface area contributed by atoms with Gasteiger partial charge in [0.25, 0.3) is 11.5 Å². The standard InChI is InChI=1S/C23H23N5O2/c1-14-9-20-18(10-17(14)22(29)25-12-15-5-4-8-24-11-15)21-19(23(30)27-20)13-26-28(21)16-6-2-3-7-16/h4-5,8-11,13,16H,2-3,6-7,12H2,1H3,(H,25,29)(H,27,30). The second-order valence-electron chi connectivity index (χ2n) is 8.00. The van der Waals surface area contributed by atoms with Crippen LogP contribution in [-0.2, 0) is 6.54 Å². The number of nitrogens with zero attached hydrogens (tertiary/aromatic N) is 3. The number of amides is 1. The molecule has 0 bridgehead atoms. The zero-order valence-corrected chi connectivity index (χ0v) is 16.8. The Labute approximate surface area is 173 Å². The van der Waals surface area contributed by atoms with Crippen molar-refractivity contribution in [1.82, 2.24) is 25.1 Å². The number of aryl methyl sites for hydroxylation is 1. The largest absolute Gasteiger partial charge is 0.348 e. The highest BCUT2D eigenvalue weighted by Gasteiger charge is 2.22. The van der Waals surface area contributed by atoms with E-state index in [0.717, 1.165) is 40.4 Å². The van der Waals surface area contributed by atoms with Crippen LogP contribution in [0.4, 0.5) is 0 Å². The summed E-state index contributed by atoms with van der Waals surface area (Å²) in [5.41, 5.74) is 3.76. The molecule has 30 heavy (non-hydrogen) atoms. The van der Waals surface area contributed by atoms with E-state index in [-0.39, 0.29) is 11.5 Å². The van der Waals surface area contributed by atoms with Gasteiger partial charge < -0.3 is 10.3 Å². The molecule has 1 amide bonds. The molecule has 0 atom stereocenters. The Morgan fingerprint density at radius 2 is 2.07 bits per heavy atom. The van der Waals surface area contributed by atoms with Gasteiger partial charge >= 0.3 is 0 Å². The molecule has 3 heterocycles. The Hall–Kier alpha value is -3.48. The van der Waals surface area contributed by atoms with Gasteiger partial charge in [-0.05, 0) is 49.1 Å². The van der Waals surface area contributed by atoms with Gasteiger partial charge in [-0.3, -0.25) is 19.3 Å². The van der Waals surface area contributed by atoms with Crippen LogP contribution in [0.2, 0.25) is 0 Å². The molecule has 1 saturated carbocycles. The molecule has 1 fully saturated rings. The molecular weight excluding hydrogens is 378 g/mol. The van der Waals surface area contributed by atoms with E-state index in [0.29, 0.717) is 23.5 Å². The Morgan fingerprint density at radius 3 is 2.83 bits per heavy atom. The number of hydrogen-bond acceptors (Lipinski definition) is 4. The molecule has 152 valence electrons. The summed E-state index contributed by atoms with van der Waals surface area (Å²) in [5, 5.41) is 8.94. The number of fused-ring (bicyclic) bond motifs is 3. The smallest absolute Gasteiger partial charge is 0.259 e. The summed E-state index contributed by atoms with van der Waals surface area (Å²) in [6.07, 6.45) is 9.57. The molecule has 1 aromatic carbocycles. The van der Waals surface area contributed by atoms with Crippen molar-refractivity contribution in [2.75, 3.05) is 0 Å². The van der Waals surface area contributed by atoms with Gasteiger partial charge in [0, 0.05) is 29.9 Å². The molecule has 0 radical (unpaired) electrons. The quantitative estimate of drug-likeness (QED) is 0.546. The fourth-order valence-electron chi connectivity index (χ4n) is 4.44. The highest BCUT2D eigenvalue weighted by Crippen LogP contribution is 2.33. The molecule has 5 rings (SSSR count). The topological polar surface area (TPSA) is 92.7 Å². The summed E-state index contributed by atoms with van der Waals surface area (Å²) in [7, 11) is 0. The molecule has 4 aromatic rings. The fraction of sp³-hybridized carbons (Fsp3) is 0.304. The lowest BCUT2D eigenvalue weighted by molar-refractivity contribution is 0.0950. The molecule has 3 aromatic heterocycles. The van der Waals surface area contributed by atoms with Gasteiger partial charge in [0.1, 0.15) is 0 Å². The van der Waals surface area contributed by atoms with Gasteiger partial charge in [-0.1, -0.05) is 18.9 Å². The molecule has 0 aliphatic heterocycles. The number of hydrogen-bond donors (Lipinski definition) is 2. The maximum Gasteiger partial charge on any atom is 0.259 e. The normalized spacial score (nSPS) is 14.6. The lowest BCUT2D eigenvalue weighted by Crippen LogP contribution is -2.23. The predicted molar refractivity (Wildman–Crippen MR) is 116 cm³/mol. The SMILES string of the molecule is Cc1cc2[nH]c(=O)c3cnn(C4CCCC4)c3c2cc1C(=O)NCc1cccnc1. The van der Waals surface area contributed by atoms with Gasteiger partial charge in [-0.2, -0.15) is 5.10 Å². The van der Waals surface area contributed by atoms with Crippen LogP contribution in [0, 0.1) is 6.92 Å². The highest BCUT2D eigenvalue weighted by molar-refractivity contribution is 6.07. The van der Waals surface area contributed by atoms with Crippen molar-refractivity contribution in [3.05, 3.63) is 69.9 Å². The van der Waals surface area contributed by atoms with Crippen LogP contribution in [0.25, 0.3) is 21.8 Å². The summed E-state index contributed by atoms with van der Waals surface area (Å²) in [6, 6.07) is 7.83. The number of pyridine rings is 2. The fourth-order valence-corrected chi connectivity index (χ4v) is 4.44. The van der Waals surface area contributed by atoms with Crippen LogP contribution in [0.3, 0.4) is 0 Å². The van der Waals surface area contributed by atoms with E-state index < -0.39 is 0 Å². The molecular formula is C23H23N5O2. The van der Waals surface area contributed by atoms with Crippen LogP contribution in [0.1, 0.15) is 53.2 Å². The van der Waals surface area contributed by atoms with E-state index in [4.69, 9.17) is 0 Å². The molecule has 0 spiro atoms. The first kappa shape index (κ1) is 18.5. The average Bonchev–Trinajstić information content (AvgIpc) is 3.42. The third kappa shape index (κ3) is 3.16. The van der Waals surface area contributed by atoms with E-state index in [1.807, 2.05) is 35.9 Å². The van der Waals surface area contributed by atoms with Gasteiger partial charge in [0.15, 0.2) is 0 Å². The van der Waals surface area contributed by atoms with Gasteiger partial charge in [0.2, 0.25) is 0 Å². The van der Waals surface area contributed by atoms with Crippen molar-refractivity contribution in [2.45, 2.75) is 45.2 Å². The van der Waals surface area contributed by atoms with Crippen LogP contribution >= 0.6 is 0 Å². The van der Waals surface area contributed by atoms with Gasteiger partial charge in [-0.15, -0.1) is 0 Å². The Morgan fingerprint density at radius 1 is 1.23 bits per heavy atom. The minimum absolute atomic E-state index is 0.144. The van der Waals surface area contributed by atoms with Crippen molar-refractivity contribution < 1.29 is 4.79 Å². The second kappa shape index (κ2) is 7.40. The van der Waals surface area contributed by atoms with Crippen molar-refractivity contribution in [1.29, 1.82) is 0 Å². The zero-order valence-electron chi connectivity index (χ0n) is 16.8. The lowest BCUT2D eigenvalue weighted by atomic mass is 10.0. The number of carbonyl (C=O) groups is 1. The number of aromatic nitrogens is 4. The van der Waals surface area contributed by atoms with E-state index in [9.17, 15) is 9.59 Å². The number of rotatable bonds is 4. The minimum atomic E-state index is -0.149. The molecule has 2 N–H and O–H groups in total. The Bertz CT molecular complexity index is 1300. The third-order valence-electron chi connectivity index (χ3n) is 6.00. The van der Waals surface area contributed by atoms with E-state index in [2.05, 4.69) is 20.4 Å². The minimum Gasteiger partial charge on any atom is -0.348 e. The van der Waals surface area contributed by atoms with E-state index >= 15 is 0 Å². The van der Waals surface area contributed by atoms with Crippen molar-refractivity contribution >= 4 is 27.7 Å². The van der Waals surface area contributed by atoms with Gasteiger partial charge in [0.05, 0.1) is 28.7 Å². The van der Waals surface area contributed by atoms with Gasteiger partial charge in [-0.25, -0.2) is 0 Å². The number of carbonyl (C=O) groups excluding carboxylic acids is 1. The maximum atomic E-state index is 12.9. The number of nitrogens with one attached hydrogen (secondary N) is 2. The summed E-state index contributed by atoms with van der Waals surface area (Å²) in [6.45, 7) is 2.29. The maximum absolute atomic E-state index is 12.9. The molecule has 7 heteroatoms. The predicted octanol–water partition coefficient (Wildman–Crippen LogP) is 3.63. The molecule has 1 aliphatic rings. The van der Waals surface area contributed by atoms with Crippen LogP contribution in [-0.4, -0.2) is 25.7 Å². The van der Waals surface area contributed by atoms with Crippen LogP contribution < -0.4 is 10.9 Å². The first-order valence-electron chi connectivity index (χ1n) is 10.3. The van der Waals surface area contributed by atoms with E-state index in [1.54, 1.807) is 18.6 Å². The van der Waals surface area contributed by atoms with Crippen LogP contribution in [0.5, 0.6) is 0 Å². The zero-order chi connectivity index (χ0) is 20.7. The first-order valence-corrected chi connectivity index (χ1v) is 10.3. The lowest BCUT2D eigenvalue weighted by Gasteiger charge is -2.14. The van der Waals surface area contributed by atoms with E-state index in [1.165, 1.54) is 12.8 Å². The summed E-state index contributed by atoms with van der Waals surface area (Å²) in [4.78, 5) is 32.6. The molecule has 7 nitrogen and oxygen atoms in total. The Balaban J connectivity index is 1.59. The number of H-pyrrole nitrogens is 1. The Kier molecular flexibility index (Phi) is 4.58. The van der Waals surface area contributed by atoms with Crippen molar-refractivity contribution in [3.63, 3.8) is 0 Å². The number of benzene rings is 1.